The van der Waals surface area contributed by atoms with Crippen LogP contribution in [0.15, 0.2) is 24.5 Å². The van der Waals surface area contributed by atoms with Gasteiger partial charge in [-0.1, -0.05) is 0 Å². The first kappa shape index (κ1) is 13.8. The van der Waals surface area contributed by atoms with Gasteiger partial charge in [-0.2, -0.15) is 0 Å². The minimum atomic E-state index is -1.02. The van der Waals surface area contributed by atoms with Crippen LogP contribution in [0.4, 0.5) is 0 Å². The molecule has 0 radical (unpaired) electrons. The van der Waals surface area contributed by atoms with Gasteiger partial charge in [0.05, 0.1) is 12.8 Å². The summed E-state index contributed by atoms with van der Waals surface area (Å²) in [4.78, 5) is 15.0. The van der Waals surface area contributed by atoms with E-state index in [1.54, 1.807) is 18.3 Å². The molecule has 112 valence electrons. The number of nitrogens with zero attached hydrogens (tertiary/aromatic N) is 2. The van der Waals surface area contributed by atoms with Gasteiger partial charge < -0.3 is 19.3 Å². The number of rotatable bonds is 4. The fourth-order valence-corrected chi connectivity index (χ4v) is 2.24. The Hall–Kier alpha value is -2.12. The number of hydrogen-bond acceptors (Lipinski definition) is 5. The average Bonchev–Trinajstić information content (AvgIpc) is 2.99. The summed E-state index contributed by atoms with van der Waals surface area (Å²) in [6.45, 7) is 4.57. The van der Waals surface area contributed by atoms with Crippen molar-refractivity contribution in [1.29, 1.82) is 0 Å². The zero-order valence-electron chi connectivity index (χ0n) is 11.8. The van der Waals surface area contributed by atoms with Crippen molar-refractivity contribution in [3.8, 4) is 5.75 Å². The molecule has 0 aromatic carbocycles. The number of carbonyl (C=O) groups is 1. The summed E-state index contributed by atoms with van der Waals surface area (Å²) in [5.41, 5.74) is 0.639. The second-order valence-corrected chi connectivity index (χ2v) is 5.30. The van der Waals surface area contributed by atoms with Gasteiger partial charge in [-0.3, -0.25) is 4.40 Å². The molecule has 0 aliphatic carbocycles. The monoisotopic (exact) mass is 292 g/mol. The molecule has 0 spiro atoms. The number of ether oxygens (including phenoxy) is 3. The highest BCUT2D eigenvalue weighted by Gasteiger charge is 2.32. The average molecular weight is 292 g/mol. The van der Waals surface area contributed by atoms with E-state index >= 15 is 0 Å². The van der Waals surface area contributed by atoms with Gasteiger partial charge in [-0.15, -0.1) is 0 Å². The molecule has 3 rings (SSSR count). The predicted molar refractivity (Wildman–Crippen MR) is 72.6 cm³/mol. The lowest BCUT2D eigenvalue weighted by molar-refractivity contribution is -0.141. The van der Waals surface area contributed by atoms with Gasteiger partial charge in [0.2, 0.25) is 0 Å². The van der Waals surface area contributed by atoms with E-state index in [9.17, 15) is 4.79 Å². The van der Waals surface area contributed by atoms with Crippen molar-refractivity contribution in [2.45, 2.75) is 25.7 Å². The van der Waals surface area contributed by atoms with E-state index in [1.165, 1.54) is 10.6 Å². The molecule has 3 heterocycles. The van der Waals surface area contributed by atoms with Crippen molar-refractivity contribution >= 4 is 11.6 Å². The fraction of sp³-hybridized carbons (Fsp3) is 0.429. The number of carboxylic acid groups (broad SMARTS) is 1. The molecule has 0 amide bonds. The summed E-state index contributed by atoms with van der Waals surface area (Å²) < 4.78 is 18.3. The molecule has 1 N–H and O–H groups in total. The third-order valence-electron chi connectivity index (χ3n) is 3.21. The van der Waals surface area contributed by atoms with Gasteiger partial charge in [0.15, 0.2) is 11.5 Å². The first-order valence-corrected chi connectivity index (χ1v) is 6.59. The summed E-state index contributed by atoms with van der Waals surface area (Å²) in [7, 11) is 0. The van der Waals surface area contributed by atoms with Gasteiger partial charge >= 0.3 is 5.97 Å². The Kier molecular flexibility index (Phi) is 3.30. The lowest BCUT2D eigenvalue weighted by Crippen LogP contribution is -2.25. The van der Waals surface area contributed by atoms with E-state index in [0.717, 1.165) is 0 Å². The van der Waals surface area contributed by atoms with Crippen LogP contribution in [0.25, 0.3) is 5.65 Å². The highest BCUT2D eigenvalue weighted by molar-refractivity contribution is 5.86. The van der Waals surface area contributed by atoms with Crippen molar-refractivity contribution < 1.29 is 24.1 Å². The molecule has 7 heteroatoms. The summed E-state index contributed by atoms with van der Waals surface area (Å²) >= 11 is 0. The van der Waals surface area contributed by atoms with Crippen LogP contribution in [0, 0.1) is 0 Å². The number of carboxylic acids is 1. The van der Waals surface area contributed by atoms with E-state index in [2.05, 4.69) is 4.98 Å². The van der Waals surface area contributed by atoms with E-state index < -0.39 is 11.8 Å². The Morgan fingerprint density at radius 3 is 3.10 bits per heavy atom. The Morgan fingerprint density at radius 2 is 2.43 bits per heavy atom. The van der Waals surface area contributed by atoms with Crippen molar-refractivity contribution in [3.63, 3.8) is 0 Å². The number of aromatic carboxylic acids is 1. The lowest BCUT2D eigenvalue weighted by Gasteiger charge is -2.17. The van der Waals surface area contributed by atoms with Crippen LogP contribution in [-0.4, -0.2) is 45.6 Å². The van der Waals surface area contributed by atoms with Crippen LogP contribution in [-0.2, 0) is 9.47 Å². The van der Waals surface area contributed by atoms with Gasteiger partial charge in [-0.25, -0.2) is 9.78 Å². The molecule has 1 saturated heterocycles. The highest BCUT2D eigenvalue weighted by Crippen LogP contribution is 2.23. The summed E-state index contributed by atoms with van der Waals surface area (Å²) in [6.07, 6.45) is 2.82. The number of fused-ring (bicyclic) bond motifs is 1. The summed E-state index contributed by atoms with van der Waals surface area (Å²) in [6, 6.07) is 3.38. The smallest absolute Gasteiger partial charge is 0.354 e. The zero-order valence-corrected chi connectivity index (χ0v) is 11.8. The Balaban J connectivity index is 1.69. The minimum absolute atomic E-state index is 0.117. The van der Waals surface area contributed by atoms with Crippen LogP contribution in [0.3, 0.4) is 0 Å². The lowest BCUT2D eigenvalue weighted by atomic mass is 10.4. The second kappa shape index (κ2) is 5.01. The first-order valence-electron chi connectivity index (χ1n) is 6.59. The first-order chi connectivity index (χ1) is 9.94. The minimum Gasteiger partial charge on any atom is -0.491 e. The van der Waals surface area contributed by atoms with Crippen LogP contribution < -0.4 is 4.74 Å². The van der Waals surface area contributed by atoms with Gasteiger partial charge in [0.1, 0.15) is 24.1 Å². The molecule has 1 aliphatic heterocycles. The Morgan fingerprint density at radius 1 is 1.62 bits per heavy atom. The van der Waals surface area contributed by atoms with Crippen molar-refractivity contribution in [2.24, 2.45) is 0 Å². The van der Waals surface area contributed by atoms with Crippen LogP contribution >= 0.6 is 0 Å². The maximum Gasteiger partial charge on any atom is 0.354 e. The third-order valence-corrected chi connectivity index (χ3v) is 3.21. The molecule has 1 atom stereocenters. The molecule has 1 unspecified atom stereocenters. The molecule has 21 heavy (non-hydrogen) atoms. The SMILES string of the molecule is CC1(C)OCC(COc2ccn3c(C(=O)O)cnc3c2)O1. The maximum absolute atomic E-state index is 11.0. The maximum atomic E-state index is 11.0. The Bertz CT molecular complexity index is 679. The zero-order chi connectivity index (χ0) is 15.0. The topological polar surface area (TPSA) is 82.3 Å². The molecule has 2 aromatic rings. The molecular weight excluding hydrogens is 276 g/mol. The number of hydrogen-bond donors (Lipinski definition) is 1. The van der Waals surface area contributed by atoms with Crippen LogP contribution in [0.5, 0.6) is 5.75 Å². The molecule has 1 fully saturated rings. The quantitative estimate of drug-likeness (QED) is 0.921. The van der Waals surface area contributed by atoms with Crippen LogP contribution in [0.2, 0.25) is 0 Å². The summed E-state index contributed by atoms with van der Waals surface area (Å²) in [5.74, 6) is -0.981. The van der Waals surface area contributed by atoms with Gasteiger partial charge in [-0.05, 0) is 19.9 Å². The normalized spacial score (nSPS) is 20.8. The van der Waals surface area contributed by atoms with Gasteiger partial charge in [0.25, 0.3) is 0 Å². The molecular formula is C14H16N2O5. The number of aromatic nitrogens is 2. The Labute approximate surface area is 121 Å². The molecule has 0 saturated carbocycles. The van der Waals surface area contributed by atoms with E-state index in [-0.39, 0.29) is 11.8 Å². The molecule has 7 nitrogen and oxygen atoms in total. The van der Waals surface area contributed by atoms with Gasteiger partial charge in [0, 0.05) is 12.3 Å². The van der Waals surface area contributed by atoms with Crippen molar-refractivity contribution in [1.82, 2.24) is 9.38 Å². The number of imidazole rings is 1. The highest BCUT2D eigenvalue weighted by atomic mass is 16.7. The van der Waals surface area contributed by atoms with E-state index in [0.29, 0.717) is 24.6 Å². The van der Waals surface area contributed by atoms with Crippen molar-refractivity contribution in [2.75, 3.05) is 13.2 Å². The number of pyridine rings is 1. The molecule has 1 aliphatic rings. The van der Waals surface area contributed by atoms with Crippen LogP contribution in [0.1, 0.15) is 24.3 Å². The summed E-state index contributed by atoms with van der Waals surface area (Å²) in [5, 5.41) is 9.01. The fourth-order valence-electron chi connectivity index (χ4n) is 2.24. The largest absolute Gasteiger partial charge is 0.491 e. The van der Waals surface area contributed by atoms with E-state index in [1.807, 2.05) is 13.8 Å². The van der Waals surface area contributed by atoms with E-state index in [4.69, 9.17) is 19.3 Å². The van der Waals surface area contributed by atoms with Crippen molar-refractivity contribution in [3.05, 3.63) is 30.2 Å². The molecule has 0 bridgehead atoms. The molecule has 2 aromatic heterocycles. The second-order valence-electron chi connectivity index (χ2n) is 5.30. The predicted octanol–water partition coefficient (Wildman–Crippen LogP) is 1.56. The standard InChI is InChI=1S/C14H16N2O5/c1-14(2)20-8-10(21-14)7-19-9-3-4-16-11(13(17)18)6-15-12(16)5-9/h3-6,10H,7-8H2,1-2H3,(H,17,18). The third kappa shape index (κ3) is 2.84.